The second-order valence-electron chi connectivity index (χ2n) is 5.54. The van der Waals surface area contributed by atoms with Crippen molar-refractivity contribution < 1.29 is 24.2 Å². The largest absolute Gasteiger partial charge is 0.462 e. The zero-order valence-corrected chi connectivity index (χ0v) is 14.4. The van der Waals surface area contributed by atoms with E-state index in [1.54, 1.807) is 0 Å². The Kier molecular flexibility index (Phi) is 12.0. The molecule has 0 aromatic rings. The summed E-state index contributed by atoms with van der Waals surface area (Å²) < 4.78 is 10.2. The van der Waals surface area contributed by atoms with E-state index in [0.717, 1.165) is 25.7 Å². The third kappa shape index (κ3) is 9.18. The fourth-order valence-electron chi connectivity index (χ4n) is 1.89. The van der Waals surface area contributed by atoms with Crippen molar-refractivity contribution in [2.75, 3.05) is 19.8 Å². The topological polar surface area (TPSA) is 72.8 Å². The Morgan fingerprint density at radius 2 is 1.61 bits per heavy atom. The van der Waals surface area contributed by atoms with Crippen molar-refractivity contribution in [2.45, 2.75) is 52.4 Å². The van der Waals surface area contributed by atoms with Gasteiger partial charge in [0.05, 0.1) is 24.4 Å². The molecular formula is C18H30O5. The van der Waals surface area contributed by atoms with Gasteiger partial charge in [-0.15, -0.1) is 0 Å². The van der Waals surface area contributed by atoms with Crippen LogP contribution in [-0.4, -0.2) is 36.9 Å². The van der Waals surface area contributed by atoms with Crippen LogP contribution in [0.5, 0.6) is 0 Å². The van der Waals surface area contributed by atoms with Crippen LogP contribution in [0.25, 0.3) is 0 Å². The molecule has 0 spiro atoms. The summed E-state index contributed by atoms with van der Waals surface area (Å²) >= 11 is 0. The van der Waals surface area contributed by atoms with E-state index < -0.39 is 11.9 Å². The molecule has 0 bridgehead atoms. The Hall–Kier alpha value is -1.62. The summed E-state index contributed by atoms with van der Waals surface area (Å²) in [5.74, 6) is -0.981. The van der Waals surface area contributed by atoms with Crippen LogP contribution >= 0.6 is 0 Å². The lowest BCUT2D eigenvalue weighted by Gasteiger charge is -2.15. The molecule has 0 heterocycles. The third-order valence-electron chi connectivity index (χ3n) is 3.64. The fraction of sp³-hybridized carbons (Fsp3) is 0.667. The molecule has 23 heavy (non-hydrogen) atoms. The number of carbonyl (C=O) groups excluding carboxylic acids is 2. The van der Waals surface area contributed by atoms with Gasteiger partial charge < -0.3 is 14.6 Å². The van der Waals surface area contributed by atoms with E-state index in [9.17, 15) is 9.59 Å². The predicted octanol–water partition coefficient (Wildman–Crippen LogP) is 3.17. The normalized spacial score (nSPS) is 11.6. The molecule has 0 rings (SSSR count). The molecular weight excluding hydrogens is 296 g/mol. The molecule has 5 nitrogen and oxygen atoms in total. The number of hydrogen-bond acceptors (Lipinski definition) is 5. The van der Waals surface area contributed by atoms with E-state index in [-0.39, 0.29) is 24.4 Å². The van der Waals surface area contributed by atoms with Gasteiger partial charge in [0.25, 0.3) is 0 Å². The average molecular weight is 326 g/mol. The van der Waals surface area contributed by atoms with Gasteiger partial charge in [-0.25, -0.2) is 9.59 Å². The van der Waals surface area contributed by atoms with Crippen molar-refractivity contribution in [3.8, 4) is 0 Å². The molecule has 0 aliphatic rings. The van der Waals surface area contributed by atoms with Crippen LogP contribution in [0, 0.1) is 5.92 Å². The molecule has 0 aromatic heterocycles. The van der Waals surface area contributed by atoms with Gasteiger partial charge in [0.15, 0.2) is 0 Å². The molecule has 1 unspecified atom stereocenters. The summed E-state index contributed by atoms with van der Waals surface area (Å²) in [6, 6.07) is 0. The van der Waals surface area contributed by atoms with Gasteiger partial charge in [-0.2, -0.15) is 0 Å². The lowest BCUT2D eigenvalue weighted by Crippen LogP contribution is -2.19. The Balaban J connectivity index is 4.23. The highest BCUT2D eigenvalue weighted by molar-refractivity contribution is 6.06. The minimum atomic E-state index is -0.678. The van der Waals surface area contributed by atoms with Crippen LogP contribution in [0.4, 0.5) is 0 Å². The molecule has 0 radical (unpaired) electrons. The Morgan fingerprint density at radius 3 is 2.13 bits per heavy atom. The second-order valence-corrected chi connectivity index (χ2v) is 5.54. The molecule has 132 valence electrons. The number of aliphatic hydroxyl groups is 1. The van der Waals surface area contributed by atoms with Crippen molar-refractivity contribution >= 4 is 11.9 Å². The standard InChI is InChI=1S/C18H30O5/c1-5-7-10-16(6-2)13-23-18(21)15(4)14(3)17(20)22-12-9-8-11-19/h16,19H,3-13H2,1-2H3. The van der Waals surface area contributed by atoms with Crippen molar-refractivity contribution in [1.29, 1.82) is 0 Å². The van der Waals surface area contributed by atoms with Gasteiger partial charge in [-0.1, -0.05) is 46.3 Å². The molecule has 0 aromatic carbocycles. The van der Waals surface area contributed by atoms with Gasteiger partial charge >= 0.3 is 11.9 Å². The van der Waals surface area contributed by atoms with E-state index in [0.29, 0.717) is 25.4 Å². The number of ether oxygens (including phenoxy) is 2. The first kappa shape index (κ1) is 21.4. The minimum Gasteiger partial charge on any atom is -0.462 e. The molecule has 0 aliphatic carbocycles. The maximum atomic E-state index is 11.9. The van der Waals surface area contributed by atoms with Crippen LogP contribution in [0.15, 0.2) is 24.3 Å². The minimum absolute atomic E-state index is 0.0498. The maximum absolute atomic E-state index is 11.9. The number of carbonyl (C=O) groups is 2. The average Bonchev–Trinajstić information content (AvgIpc) is 2.57. The highest BCUT2D eigenvalue weighted by atomic mass is 16.5. The first-order valence-corrected chi connectivity index (χ1v) is 8.31. The van der Waals surface area contributed by atoms with E-state index in [2.05, 4.69) is 27.0 Å². The summed E-state index contributed by atoms with van der Waals surface area (Å²) in [6.45, 7) is 11.9. The molecule has 0 saturated heterocycles. The van der Waals surface area contributed by atoms with E-state index in [1.165, 1.54) is 0 Å². The second kappa shape index (κ2) is 12.9. The summed E-state index contributed by atoms with van der Waals surface area (Å²) in [5.41, 5.74) is -0.150. The van der Waals surface area contributed by atoms with Crippen molar-refractivity contribution in [1.82, 2.24) is 0 Å². The number of aliphatic hydroxyl groups excluding tert-OH is 1. The lowest BCUT2D eigenvalue weighted by molar-refractivity contribution is -0.143. The van der Waals surface area contributed by atoms with Gasteiger partial charge in [0.2, 0.25) is 0 Å². The van der Waals surface area contributed by atoms with Gasteiger partial charge in [0.1, 0.15) is 0 Å². The molecule has 5 heteroatoms. The maximum Gasteiger partial charge on any atom is 0.338 e. The first-order chi connectivity index (χ1) is 11.0. The Labute approximate surface area is 139 Å². The predicted molar refractivity (Wildman–Crippen MR) is 89.8 cm³/mol. The highest BCUT2D eigenvalue weighted by Gasteiger charge is 2.20. The SMILES string of the molecule is C=C(C(=C)C(=O)OCC(CC)CCCC)C(=O)OCCCCO. The van der Waals surface area contributed by atoms with E-state index in [4.69, 9.17) is 14.6 Å². The van der Waals surface area contributed by atoms with Crippen LogP contribution in [0.2, 0.25) is 0 Å². The number of esters is 2. The molecule has 0 fully saturated rings. The zero-order chi connectivity index (χ0) is 17.7. The third-order valence-corrected chi connectivity index (χ3v) is 3.64. The van der Waals surface area contributed by atoms with Gasteiger partial charge in [-0.05, 0) is 25.2 Å². The van der Waals surface area contributed by atoms with E-state index in [1.807, 2.05) is 0 Å². The van der Waals surface area contributed by atoms with Crippen LogP contribution in [0.1, 0.15) is 52.4 Å². The zero-order valence-electron chi connectivity index (χ0n) is 14.4. The van der Waals surface area contributed by atoms with Crippen LogP contribution in [-0.2, 0) is 19.1 Å². The Bertz CT molecular complexity index is 400. The van der Waals surface area contributed by atoms with Crippen molar-refractivity contribution in [2.24, 2.45) is 5.92 Å². The van der Waals surface area contributed by atoms with Crippen molar-refractivity contribution in [3.05, 3.63) is 24.3 Å². The summed E-state index contributed by atoms with van der Waals surface area (Å²) in [4.78, 5) is 23.7. The number of rotatable bonds is 13. The quantitative estimate of drug-likeness (QED) is 0.243. The fourth-order valence-corrected chi connectivity index (χ4v) is 1.89. The van der Waals surface area contributed by atoms with Crippen LogP contribution in [0.3, 0.4) is 0 Å². The molecule has 0 saturated carbocycles. The number of unbranched alkanes of at least 4 members (excludes halogenated alkanes) is 2. The first-order valence-electron chi connectivity index (χ1n) is 8.31. The summed E-state index contributed by atoms with van der Waals surface area (Å²) in [6.07, 6.45) is 5.27. The van der Waals surface area contributed by atoms with Crippen molar-refractivity contribution in [3.63, 3.8) is 0 Å². The van der Waals surface area contributed by atoms with Gasteiger partial charge in [0, 0.05) is 6.61 Å². The monoisotopic (exact) mass is 326 g/mol. The molecule has 0 amide bonds. The lowest BCUT2D eigenvalue weighted by atomic mass is 10.0. The smallest absolute Gasteiger partial charge is 0.338 e. The number of hydrogen-bond donors (Lipinski definition) is 1. The van der Waals surface area contributed by atoms with Crippen LogP contribution < -0.4 is 0 Å². The van der Waals surface area contributed by atoms with Gasteiger partial charge in [-0.3, -0.25) is 0 Å². The van der Waals surface area contributed by atoms with E-state index >= 15 is 0 Å². The summed E-state index contributed by atoms with van der Waals surface area (Å²) in [5, 5.41) is 8.65. The molecule has 1 atom stereocenters. The summed E-state index contributed by atoms with van der Waals surface area (Å²) in [7, 11) is 0. The molecule has 0 aliphatic heterocycles. The highest BCUT2D eigenvalue weighted by Crippen LogP contribution is 2.15. The molecule has 1 N–H and O–H groups in total. The Morgan fingerprint density at radius 1 is 1.00 bits per heavy atom.